The van der Waals surface area contributed by atoms with Crippen LogP contribution in [0.3, 0.4) is 0 Å². The van der Waals surface area contributed by atoms with Gasteiger partial charge in [-0.05, 0) is 61.1 Å². The predicted octanol–water partition coefficient (Wildman–Crippen LogP) is 4.13. The fourth-order valence-corrected chi connectivity index (χ4v) is 4.58. The third kappa shape index (κ3) is 4.59. The van der Waals surface area contributed by atoms with Gasteiger partial charge in [-0.15, -0.1) is 6.42 Å². The van der Waals surface area contributed by atoms with Crippen molar-refractivity contribution in [1.29, 1.82) is 0 Å². The molecule has 0 aromatic carbocycles. The van der Waals surface area contributed by atoms with Crippen LogP contribution in [0.4, 0.5) is 0 Å². The average Bonchev–Trinajstić information content (AvgIpc) is 2.13. The molecule has 0 saturated heterocycles. The van der Waals surface area contributed by atoms with E-state index in [2.05, 4.69) is 70.4 Å². The van der Waals surface area contributed by atoms with Gasteiger partial charge >= 0.3 is 0 Å². The van der Waals surface area contributed by atoms with E-state index in [9.17, 15) is 0 Å². The lowest BCUT2D eigenvalue weighted by Gasteiger charge is -2.44. The van der Waals surface area contributed by atoms with Crippen molar-refractivity contribution in [2.75, 3.05) is 0 Å². The van der Waals surface area contributed by atoms with Crippen LogP contribution in [0.2, 0.25) is 0 Å². The Morgan fingerprint density at radius 2 is 0.941 bits per heavy atom. The summed E-state index contributed by atoms with van der Waals surface area (Å²) in [6, 6.07) is 1.93. The van der Waals surface area contributed by atoms with Crippen LogP contribution in [0.25, 0.3) is 0 Å². The topological polar surface area (TPSA) is 6.48 Å². The van der Waals surface area contributed by atoms with Crippen molar-refractivity contribution in [2.45, 2.75) is 79.6 Å². The molecule has 0 rings (SSSR count). The third-order valence-electron chi connectivity index (χ3n) is 2.67. The van der Waals surface area contributed by atoms with Crippen LogP contribution in [0.1, 0.15) is 55.4 Å². The van der Waals surface area contributed by atoms with E-state index in [4.69, 9.17) is 6.42 Å². The monoisotopic (exact) mass is 256 g/mol. The molecule has 0 fully saturated rings. The summed E-state index contributed by atoms with van der Waals surface area (Å²) in [6.45, 7) is 17.8. The molecule has 0 aliphatic heterocycles. The van der Waals surface area contributed by atoms with Gasteiger partial charge in [-0.25, -0.2) is 0 Å². The molecule has 0 aliphatic rings. The lowest BCUT2D eigenvalue weighted by molar-refractivity contribution is 0.261. The summed E-state index contributed by atoms with van der Waals surface area (Å²) in [5.74, 6) is 0. The van der Waals surface area contributed by atoms with E-state index < -0.39 is 8.22 Å². The maximum absolute atomic E-state index is 5.82. The first-order valence-electron chi connectivity index (χ1n) is 6.56. The lowest BCUT2D eigenvalue weighted by atomic mass is 10.3. The van der Waals surface area contributed by atoms with E-state index in [1.165, 1.54) is 0 Å². The molecule has 17 heavy (non-hydrogen) atoms. The maximum Gasteiger partial charge on any atom is 0.122 e. The van der Waals surface area contributed by atoms with Gasteiger partial charge in [0.25, 0.3) is 0 Å². The van der Waals surface area contributed by atoms with Crippen LogP contribution in [-0.4, -0.2) is 33.5 Å². The third-order valence-corrected chi connectivity index (χ3v) is 5.62. The molecule has 0 aliphatic carbocycles. The quantitative estimate of drug-likeness (QED) is 0.521. The summed E-state index contributed by atoms with van der Waals surface area (Å²) in [6.07, 6.45) is 5.82. The van der Waals surface area contributed by atoms with Crippen molar-refractivity contribution < 1.29 is 0 Å². The molecule has 2 nitrogen and oxygen atoms in total. The maximum atomic E-state index is 5.82. The summed E-state index contributed by atoms with van der Waals surface area (Å²) >= 11 is 0. The number of terminal acetylenes is 1. The molecule has 0 amide bonds. The summed E-state index contributed by atoms with van der Waals surface area (Å²) in [4.78, 5) is 0. The minimum Gasteiger partial charge on any atom is -0.255 e. The van der Waals surface area contributed by atoms with Gasteiger partial charge in [0.05, 0.1) is 0 Å². The van der Waals surface area contributed by atoms with E-state index in [1.807, 2.05) is 0 Å². The average molecular weight is 256 g/mol. The Morgan fingerprint density at radius 3 is 1.06 bits per heavy atom. The second-order valence-corrected chi connectivity index (χ2v) is 7.31. The predicted molar refractivity (Wildman–Crippen MR) is 80.0 cm³/mol. The normalized spacial score (nSPS) is 12.8. The highest BCUT2D eigenvalue weighted by molar-refractivity contribution is 7.58. The van der Waals surface area contributed by atoms with Crippen molar-refractivity contribution in [2.24, 2.45) is 0 Å². The van der Waals surface area contributed by atoms with Crippen molar-refractivity contribution in [1.82, 2.24) is 9.34 Å². The summed E-state index contributed by atoms with van der Waals surface area (Å²) in [5.41, 5.74) is 3.04. The Hall–Kier alpha value is -0.0900. The first-order chi connectivity index (χ1) is 7.73. The molecule has 3 heteroatoms. The second kappa shape index (κ2) is 7.37. The Labute approximate surface area is 110 Å². The number of nitrogens with zero attached hydrogens (tertiary/aromatic N) is 2. The Balaban J connectivity index is 5.20. The zero-order valence-electron chi connectivity index (χ0n) is 12.7. The fraction of sp³-hybridized carbons (Fsp3) is 0.857. The van der Waals surface area contributed by atoms with Gasteiger partial charge < -0.3 is 0 Å². The Bertz CT molecular complexity index is 217. The van der Waals surface area contributed by atoms with Gasteiger partial charge in [0.2, 0.25) is 0 Å². The van der Waals surface area contributed by atoms with Crippen molar-refractivity contribution in [3.63, 3.8) is 0 Å². The molecule has 0 radical (unpaired) electrons. The number of hydrogen-bond donors (Lipinski definition) is 0. The first-order valence-corrected chi connectivity index (χ1v) is 7.81. The summed E-state index contributed by atoms with van der Waals surface area (Å²) in [5, 5.41) is 0. The summed E-state index contributed by atoms with van der Waals surface area (Å²) in [7, 11) is -0.649. The van der Waals surface area contributed by atoms with Crippen LogP contribution < -0.4 is 0 Å². The SMILES string of the molecule is C#CP(N(C(C)C)C(C)C)N(C(C)C)C(C)C. The smallest absolute Gasteiger partial charge is 0.122 e. The number of rotatable bonds is 6. The van der Waals surface area contributed by atoms with E-state index >= 15 is 0 Å². The standard InChI is InChI=1S/C14H29N2P/c1-10-17(15(11(2)3)12(4)5)16(13(6)7)14(8)9/h1,11-14H,2-9H3. The highest BCUT2D eigenvalue weighted by Crippen LogP contribution is 2.48. The molecule has 0 saturated carbocycles. The van der Waals surface area contributed by atoms with Crippen LogP contribution >= 0.6 is 8.22 Å². The van der Waals surface area contributed by atoms with Gasteiger partial charge in [0, 0.05) is 24.2 Å². The highest BCUT2D eigenvalue weighted by atomic mass is 31.1. The minimum atomic E-state index is -0.649. The summed E-state index contributed by atoms with van der Waals surface area (Å²) < 4.78 is 4.94. The van der Waals surface area contributed by atoms with E-state index in [1.54, 1.807) is 0 Å². The molecule has 0 unspecified atom stereocenters. The van der Waals surface area contributed by atoms with Crippen molar-refractivity contribution in [3.8, 4) is 12.1 Å². The van der Waals surface area contributed by atoms with Crippen molar-refractivity contribution >= 4 is 8.22 Å². The van der Waals surface area contributed by atoms with E-state index in [-0.39, 0.29) is 0 Å². The lowest BCUT2D eigenvalue weighted by Crippen LogP contribution is -2.42. The van der Waals surface area contributed by atoms with Gasteiger partial charge in [-0.3, -0.25) is 9.34 Å². The molecule has 0 aromatic heterocycles. The van der Waals surface area contributed by atoms with E-state index in [0.29, 0.717) is 24.2 Å². The molecule has 0 heterocycles. The fourth-order valence-electron chi connectivity index (χ4n) is 2.32. The molecule has 0 atom stereocenters. The van der Waals surface area contributed by atoms with Gasteiger partial charge in [0.15, 0.2) is 0 Å². The van der Waals surface area contributed by atoms with Gasteiger partial charge in [-0.2, -0.15) is 0 Å². The van der Waals surface area contributed by atoms with Crippen LogP contribution in [0.15, 0.2) is 0 Å². The van der Waals surface area contributed by atoms with Gasteiger partial charge in [-0.1, -0.05) is 0 Å². The van der Waals surface area contributed by atoms with Crippen LogP contribution in [-0.2, 0) is 0 Å². The molecule has 0 N–H and O–H groups in total. The van der Waals surface area contributed by atoms with Gasteiger partial charge in [0.1, 0.15) is 8.22 Å². The van der Waals surface area contributed by atoms with E-state index in [0.717, 1.165) is 0 Å². The van der Waals surface area contributed by atoms with Crippen LogP contribution in [0, 0.1) is 12.1 Å². The molecular formula is C14H29N2P. The minimum absolute atomic E-state index is 0.483. The Morgan fingerprint density at radius 1 is 0.706 bits per heavy atom. The molecule has 0 spiro atoms. The zero-order valence-corrected chi connectivity index (χ0v) is 13.6. The second-order valence-electron chi connectivity index (χ2n) is 5.55. The molecule has 0 aromatic rings. The molecular weight excluding hydrogens is 227 g/mol. The number of hydrogen-bond acceptors (Lipinski definition) is 2. The highest BCUT2D eigenvalue weighted by Gasteiger charge is 2.31. The van der Waals surface area contributed by atoms with Crippen molar-refractivity contribution in [3.05, 3.63) is 0 Å². The molecule has 0 bridgehead atoms. The first kappa shape index (κ1) is 16.9. The zero-order chi connectivity index (χ0) is 13.7. The molecule has 100 valence electrons. The van der Waals surface area contributed by atoms with Crippen LogP contribution in [0.5, 0.6) is 0 Å². The largest absolute Gasteiger partial charge is 0.255 e. The Kier molecular flexibility index (Phi) is 7.33.